The number of carbonyl (C=O) groups excluding carboxylic acids is 1. The first kappa shape index (κ1) is 22.3. The second-order valence-electron chi connectivity index (χ2n) is 7.59. The average Bonchev–Trinajstić information content (AvgIpc) is 3.28. The van der Waals surface area contributed by atoms with E-state index in [0.717, 1.165) is 27.8 Å². The number of carbonyl (C=O) groups is 1. The van der Waals surface area contributed by atoms with E-state index in [4.69, 9.17) is 14.2 Å². The quantitative estimate of drug-likeness (QED) is 0.365. The smallest absolute Gasteiger partial charge is 0.257 e. The molecule has 0 saturated heterocycles. The molecular weight excluding hydrogens is 416 g/mol. The fourth-order valence-corrected chi connectivity index (χ4v) is 3.88. The Labute approximate surface area is 193 Å². The van der Waals surface area contributed by atoms with Gasteiger partial charge in [0.05, 0.1) is 13.7 Å². The van der Waals surface area contributed by atoms with Crippen LogP contribution in [-0.2, 0) is 4.79 Å². The molecule has 3 aromatic carbocycles. The number of rotatable bonds is 10. The minimum Gasteiger partial charge on any atom is -0.497 e. The maximum atomic E-state index is 12.7. The lowest BCUT2D eigenvalue weighted by Crippen LogP contribution is -2.32. The zero-order chi connectivity index (χ0) is 23.0. The van der Waals surface area contributed by atoms with Gasteiger partial charge in [0, 0.05) is 29.6 Å². The molecule has 0 fully saturated rings. The number of H-pyrrole nitrogens is 1. The molecule has 1 aromatic heterocycles. The number of para-hydroxylation sites is 3. The molecule has 1 atom stereocenters. The Morgan fingerprint density at radius 3 is 2.36 bits per heavy atom. The Bertz CT molecular complexity index is 1200. The monoisotopic (exact) mass is 444 g/mol. The number of methoxy groups -OCH3 is 1. The number of hydrogen-bond donors (Lipinski definition) is 2. The summed E-state index contributed by atoms with van der Waals surface area (Å²) in [4.78, 5) is 16.0. The third-order valence-electron chi connectivity index (χ3n) is 5.53. The predicted octanol–water partition coefficient (Wildman–Crippen LogP) is 4.90. The van der Waals surface area contributed by atoms with Gasteiger partial charge in [-0.2, -0.15) is 0 Å². The van der Waals surface area contributed by atoms with Gasteiger partial charge >= 0.3 is 0 Å². The fraction of sp³-hybridized carbons (Fsp3) is 0.222. The molecule has 33 heavy (non-hydrogen) atoms. The van der Waals surface area contributed by atoms with Crippen molar-refractivity contribution in [1.29, 1.82) is 0 Å². The van der Waals surface area contributed by atoms with Crippen LogP contribution in [0.4, 0.5) is 0 Å². The molecule has 0 aliphatic rings. The van der Waals surface area contributed by atoms with Gasteiger partial charge in [0.1, 0.15) is 5.75 Å². The number of nitrogens with one attached hydrogen (secondary N) is 2. The summed E-state index contributed by atoms with van der Waals surface area (Å²) >= 11 is 0. The molecule has 170 valence electrons. The second kappa shape index (κ2) is 10.6. The van der Waals surface area contributed by atoms with Crippen LogP contribution in [0.2, 0.25) is 0 Å². The summed E-state index contributed by atoms with van der Waals surface area (Å²) in [7, 11) is 1.65. The summed E-state index contributed by atoms with van der Waals surface area (Å²) < 4.78 is 16.6. The summed E-state index contributed by atoms with van der Waals surface area (Å²) in [6.07, 6.45) is 2.01. The van der Waals surface area contributed by atoms with Crippen LogP contribution in [-0.4, -0.2) is 37.8 Å². The molecule has 0 radical (unpaired) electrons. The lowest BCUT2D eigenvalue weighted by atomic mass is 9.91. The van der Waals surface area contributed by atoms with Crippen molar-refractivity contribution in [2.24, 2.45) is 0 Å². The van der Waals surface area contributed by atoms with Gasteiger partial charge in [-0.25, -0.2) is 0 Å². The van der Waals surface area contributed by atoms with E-state index in [1.165, 1.54) is 0 Å². The lowest BCUT2D eigenvalue weighted by molar-refractivity contribution is -0.123. The topological polar surface area (TPSA) is 72.6 Å². The molecule has 0 saturated carbocycles. The summed E-state index contributed by atoms with van der Waals surface area (Å²) in [6.45, 7) is 2.78. The third kappa shape index (κ3) is 5.29. The van der Waals surface area contributed by atoms with Crippen LogP contribution in [0.15, 0.2) is 79.0 Å². The van der Waals surface area contributed by atoms with Crippen molar-refractivity contribution < 1.29 is 19.0 Å². The highest BCUT2D eigenvalue weighted by Gasteiger charge is 2.19. The van der Waals surface area contributed by atoms with Crippen molar-refractivity contribution in [3.8, 4) is 17.2 Å². The van der Waals surface area contributed by atoms with Crippen LogP contribution in [0, 0.1) is 0 Å². The van der Waals surface area contributed by atoms with Crippen LogP contribution < -0.4 is 19.5 Å². The van der Waals surface area contributed by atoms with Gasteiger partial charge in [-0.3, -0.25) is 4.79 Å². The molecule has 0 spiro atoms. The SMILES string of the molecule is CCOc1ccccc1OCC(=O)NCC(c1ccc(OC)cc1)c1c[nH]c2ccccc12. The van der Waals surface area contributed by atoms with Gasteiger partial charge in [-0.05, 0) is 48.4 Å². The van der Waals surface area contributed by atoms with Crippen molar-refractivity contribution in [3.05, 3.63) is 90.1 Å². The van der Waals surface area contributed by atoms with E-state index < -0.39 is 0 Å². The Hall–Kier alpha value is -3.93. The van der Waals surface area contributed by atoms with E-state index in [0.29, 0.717) is 24.7 Å². The average molecular weight is 445 g/mol. The van der Waals surface area contributed by atoms with Crippen molar-refractivity contribution in [1.82, 2.24) is 10.3 Å². The van der Waals surface area contributed by atoms with E-state index in [1.54, 1.807) is 13.2 Å². The number of amides is 1. The van der Waals surface area contributed by atoms with E-state index in [1.807, 2.05) is 73.8 Å². The van der Waals surface area contributed by atoms with Crippen molar-refractivity contribution in [2.45, 2.75) is 12.8 Å². The number of ether oxygens (including phenoxy) is 3. The van der Waals surface area contributed by atoms with Gasteiger partial charge in [0.25, 0.3) is 5.91 Å². The van der Waals surface area contributed by atoms with Gasteiger partial charge in [0.2, 0.25) is 0 Å². The highest BCUT2D eigenvalue weighted by atomic mass is 16.5. The summed E-state index contributed by atoms with van der Waals surface area (Å²) in [5, 5.41) is 4.17. The summed E-state index contributed by atoms with van der Waals surface area (Å²) in [5.74, 6) is 1.74. The van der Waals surface area contributed by atoms with E-state index >= 15 is 0 Å². The van der Waals surface area contributed by atoms with Crippen LogP contribution in [0.5, 0.6) is 17.2 Å². The zero-order valence-corrected chi connectivity index (χ0v) is 18.8. The van der Waals surface area contributed by atoms with E-state index in [2.05, 4.69) is 16.4 Å². The number of benzene rings is 3. The number of aromatic nitrogens is 1. The second-order valence-corrected chi connectivity index (χ2v) is 7.59. The first-order valence-electron chi connectivity index (χ1n) is 11.0. The van der Waals surface area contributed by atoms with Gasteiger partial charge in [-0.1, -0.05) is 42.5 Å². The lowest BCUT2D eigenvalue weighted by Gasteiger charge is -2.19. The molecule has 0 aliphatic heterocycles. The first-order chi connectivity index (χ1) is 16.2. The minimum atomic E-state index is -0.195. The largest absolute Gasteiger partial charge is 0.497 e. The van der Waals surface area contributed by atoms with Crippen LogP contribution in [0.25, 0.3) is 10.9 Å². The molecule has 4 aromatic rings. The van der Waals surface area contributed by atoms with Gasteiger partial charge in [-0.15, -0.1) is 0 Å². The standard InChI is InChI=1S/C27H28N2O4/c1-3-32-25-10-6-7-11-26(25)33-18-27(30)29-16-22(19-12-14-20(31-2)15-13-19)23-17-28-24-9-5-4-8-21(23)24/h4-15,17,22,28H,3,16,18H2,1-2H3,(H,29,30). The Morgan fingerprint density at radius 2 is 1.64 bits per heavy atom. The highest BCUT2D eigenvalue weighted by Crippen LogP contribution is 2.31. The van der Waals surface area contributed by atoms with Crippen molar-refractivity contribution in [2.75, 3.05) is 26.9 Å². The number of hydrogen-bond acceptors (Lipinski definition) is 4. The highest BCUT2D eigenvalue weighted by molar-refractivity contribution is 5.84. The first-order valence-corrected chi connectivity index (χ1v) is 11.0. The molecule has 0 aliphatic carbocycles. The van der Waals surface area contributed by atoms with E-state index in [9.17, 15) is 4.79 Å². The molecule has 1 amide bonds. The van der Waals surface area contributed by atoms with E-state index in [-0.39, 0.29) is 18.4 Å². The summed E-state index contributed by atoms with van der Waals surface area (Å²) in [6, 6.07) is 23.5. The van der Waals surface area contributed by atoms with Crippen LogP contribution >= 0.6 is 0 Å². The Morgan fingerprint density at radius 1 is 0.939 bits per heavy atom. The molecule has 6 heteroatoms. The van der Waals surface area contributed by atoms with Crippen molar-refractivity contribution in [3.63, 3.8) is 0 Å². The maximum absolute atomic E-state index is 12.7. The maximum Gasteiger partial charge on any atom is 0.257 e. The number of fused-ring (bicyclic) bond motifs is 1. The van der Waals surface area contributed by atoms with Gasteiger partial charge < -0.3 is 24.5 Å². The normalized spacial score (nSPS) is 11.7. The Kier molecular flexibility index (Phi) is 7.15. The van der Waals surface area contributed by atoms with Crippen molar-refractivity contribution >= 4 is 16.8 Å². The molecule has 1 heterocycles. The minimum absolute atomic E-state index is 0.0354. The number of aromatic amines is 1. The van der Waals surface area contributed by atoms with Crippen LogP contribution in [0.3, 0.4) is 0 Å². The third-order valence-corrected chi connectivity index (χ3v) is 5.53. The van der Waals surface area contributed by atoms with Crippen LogP contribution in [0.1, 0.15) is 24.0 Å². The summed E-state index contributed by atoms with van der Waals surface area (Å²) in [5.41, 5.74) is 3.27. The molecule has 4 rings (SSSR count). The molecule has 2 N–H and O–H groups in total. The molecule has 0 bridgehead atoms. The molecule has 6 nitrogen and oxygen atoms in total. The Balaban J connectivity index is 1.49. The fourth-order valence-electron chi connectivity index (χ4n) is 3.88. The predicted molar refractivity (Wildman–Crippen MR) is 129 cm³/mol. The molecular formula is C27H28N2O4. The zero-order valence-electron chi connectivity index (χ0n) is 18.8. The molecule has 1 unspecified atom stereocenters. The van der Waals surface area contributed by atoms with Gasteiger partial charge in [0.15, 0.2) is 18.1 Å².